The minimum absolute atomic E-state index is 0.101. The Balaban J connectivity index is 2.15. The molecule has 0 spiro atoms. The van der Waals surface area contributed by atoms with E-state index >= 15 is 0 Å². The van der Waals surface area contributed by atoms with Crippen LogP contribution in [0, 0.1) is 17.1 Å². The highest BCUT2D eigenvalue weighted by Gasteiger charge is 2.06. The van der Waals surface area contributed by atoms with Crippen LogP contribution in [0.2, 0.25) is 0 Å². The Morgan fingerprint density at radius 3 is 2.80 bits per heavy atom. The van der Waals surface area contributed by atoms with Crippen LogP contribution in [-0.2, 0) is 6.61 Å². The lowest BCUT2D eigenvalue weighted by Gasteiger charge is -2.10. The van der Waals surface area contributed by atoms with E-state index in [4.69, 9.17) is 10.00 Å². The van der Waals surface area contributed by atoms with Crippen molar-refractivity contribution >= 4 is 0 Å². The molecular formula is C16H14FNO2. The van der Waals surface area contributed by atoms with Crippen molar-refractivity contribution in [2.45, 2.75) is 19.6 Å². The molecule has 1 N–H and O–H groups in total. The van der Waals surface area contributed by atoms with Gasteiger partial charge >= 0.3 is 0 Å². The minimum atomic E-state index is -0.581. The van der Waals surface area contributed by atoms with Crippen LogP contribution in [0.4, 0.5) is 4.39 Å². The number of nitriles is 1. The molecule has 0 radical (unpaired) electrons. The number of ether oxygens (including phenoxy) is 1. The number of aliphatic hydroxyl groups excluding tert-OH is 1. The quantitative estimate of drug-likeness (QED) is 0.928. The summed E-state index contributed by atoms with van der Waals surface area (Å²) in [6.45, 7) is 1.77. The van der Waals surface area contributed by atoms with Gasteiger partial charge in [0.25, 0.3) is 0 Å². The summed E-state index contributed by atoms with van der Waals surface area (Å²) < 4.78 is 18.7. The third kappa shape index (κ3) is 3.34. The normalized spacial score (nSPS) is 11.7. The lowest BCUT2D eigenvalue weighted by atomic mass is 10.1. The van der Waals surface area contributed by atoms with Crippen molar-refractivity contribution in [2.24, 2.45) is 0 Å². The van der Waals surface area contributed by atoms with Crippen LogP contribution in [0.3, 0.4) is 0 Å². The number of hydrogen-bond acceptors (Lipinski definition) is 3. The van der Waals surface area contributed by atoms with E-state index in [1.807, 2.05) is 6.07 Å². The zero-order chi connectivity index (χ0) is 14.5. The van der Waals surface area contributed by atoms with Crippen LogP contribution < -0.4 is 4.74 Å². The third-order valence-corrected chi connectivity index (χ3v) is 2.92. The van der Waals surface area contributed by atoms with E-state index in [0.29, 0.717) is 16.9 Å². The fourth-order valence-electron chi connectivity index (χ4n) is 1.82. The molecule has 0 aliphatic rings. The van der Waals surface area contributed by atoms with Gasteiger partial charge in [0.1, 0.15) is 18.2 Å². The predicted molar refractivity (Wildman–Crippen MR) is 72.5 cm³/mol. The molecular weight excluding hydrogens is 257 g/mol. The van der Waals surface area contributed by atoms with Gasteiger partial charge in [-0.25, -0.2) is 4.39 Å². The molecule has 0 amide bonds. The van der Waals surface area contributed by atoms with Crippen LogP contribution in [0.25, 0.3) is 0 Å². The van der Waals surface area contributed by atoms with Crippen molar-refractivity contribution in [3.05, 3.63) is 65.0 Å². The van der Waals surface area contributed by atoms with E-state index < -0.39 is 11.9 Å². The first kappa shape index (κ1) is 14.0. The highest BCUT2D eigenvalue weighted by atomic mass is 19.1. The molecule has 0 aliphatic heterocycles. The Kier molecular flexibility index (Phi) is 4.34. The maximum absolute atomic E-state index is 13.2. The molecule has 2 aromatic carbocycles. The Bertz CT molecular complexity index is 647. The second-order valence-corrected chi connectivity index (χ2v) is 4.45. The summed E-state index contributed by atoms with van der Waals surface area (Å²) in [5.74, 6) is 0.164. The maximum atomic E-state index is 13.2. The van der Waals surface area contributed by atoms with Gasteiger partial charge in [0.05, 0.1) is 17.7 Å². The third-order valence-electron chi connectivity index (χ3n) is 2.92. The minimum Gasteiger partial charge on any atom is -0.489 e. The monoisotopic (exact) mass is 271 g/mol. The van der Waals surface area contributed by atoms with E-state index in [-0.39, 0.29) is 6.61 Å². The first-order chi connectivity index (χ1) is 9.60. The topological polar surface area (TPSA) is 53.2 Å². The van der Waals surface area contributed by atoms with E-state index in [1.165, 1.54) is 18.2 Å². The summed E-state index contributed by atoms with van der Waals surface area (Å²) in [6, 6.07) is 13.0. The second kappa shape index (κ2) is 6.18. The SMILES string of the molecule is C[C@H](O)c1cccc(OCc2cc(F)ccc2C#N)c1. The highest BCUT2D eigenvalue weighted by molar-refractivity contribution is 5.38. The molecule has 0 saturated carbocycles. The van der Waals surface area contributed by atoms with Crippen LogP contribution in [0.15, 0.2) is 42.5 Å². The predicted octanol–water partition coefficient (Wildman–Crippen LogP) is 3.33. The Morgan fingerprint density at radius 2 is 2.10 bits per heavy atom. The molecule has 20 heavy (non-hydrogen) atoms. The van der Waals surface area contributed by atoms with Crippen molar-refractivity contribution in [1.82, 2.24) is 0 Å². The number of hydrogen-bond donors (Lipinski definition) is 1. The molecule has 1 atom stereocenters. The second-order valence-electron chi connectivity index (χ2n) is 4.45. The summed E-state index contributed by atoms with van der Waals surface area (Å²) in [6.07, 6.45) is -0.581. The Morgan fingerprint density at radius 1 is 1.30 bits per heavy atom. The molecule has 4 heteroatoms. The average molecular weight is 271 g/mol. The average Bonchev–Trinajstić information content (AvgIpc) is 2.45. The molecule has 0 bridgehead atoms. The summed E-state index contributed by atoms with van der Waals surface area (Å²) in [4.78, 5) is 0. The summed E-state index contributed by atoms with van der Waals surface area (Å²) >= 11 is 0. The van der Waals surface area contributed by atoms with Gasteiger partial charge in [-0.1, -0.05) is 12.1 Å². The molecule has 0 aliphatic carbocycles. The standard InChI is InChI=1S/C16H14FNO2/c1-11(19)12-3-2-4-16(8-12)20-10-14-7-15(17)6-5-13(14)9-18/h2-8,11,19H,10H2,1H3/t11-/m0/s1. The fraction of sp³-hybridized carbons (Fsp3) is 0.188. The molecule has 2 rings (SSSR count). The van der Waals surface area contributed by atoms with Crippen molar-refractivity contribution in [3.63, 3.8) is 0 Å². The first-order valence-corrected chi connectivity index (χ1v) is 6.19. The van der Waals surface area contributed by atoms with Gasteiger partial charge in [-0.15, -0.1) is 0 Å². The van der Waals surface area contributed by atoms with E-state index in [0.717, 1.165) is 5.56 Å². The fourth-order valence-corrected chi connectivity index (χ4v) is 1.82. The van der Waals surface area contributed by atoms with Gasteiger partial charge in [0.2, 0.25) is 0 Å². The van der Waals surface area contributed by atoms with Crippen molar-refractivity contribution in [3.8, 4) is 11.8 Å². The first-order valence-electron chi connectivity index (χ1n) is 6.19. The number of nitrogens with zero attached hydrogens (tertiary/aromatic N) is 1. The lowest BCUT2D eigenvalue weighted by molar-refractivity contribution is 0.198. The number of rotatable bonds is 4. The van der Waals surface area contributed by atoms with Gasteiger partial charge in [-0.05, 0) is 42.8 Å². The van der Waals surface area contributed by atoms with Gasteiger partial charge < -0.3 is 9.84 Å². The molecule has 0 fully saturated rings. The van der Waals surface area contributed by atoms with Crippen molar-refractivity contribution in [2.75, 3.05) is 0 Å². The van der Waals surface area contributed by atoms with E-state index in [1.54, 1.807) is 31.2 Å². The lowest BCUT2D eigenvalue weighted by Crippen LogP contribution is -2.00. The summed E-state index contributed by atoms with van der Waals surface area (Å²) in [5, 5.41) is 18.5. The molecule has 0 heterocycles. The number of aliphatic hydroxyl groups is 1. The zero-order valence-corrected chi connectivity index (χ0v) is 11.0. The largest absolute Gasteiger partial charge is 0.489 e. The van der Waals surface area contributed by atoms with E-state index in [2.05, 4.69) is 0 Å². The summed E-state index contributed by atoms with van der Waals surface area (Å²) in [7, 11) is 0. The van der Waals surface area contributed by atoms with Gasteiger partial charge in [0, 0.05) is 5.56 Å². The van der Waals surface area contributed by atoms with Crippen LogP contribution in [0.1, 0.15) is 29.7 Å². The molecule has 0 unspecified atom stereocenters. The molecule has 102 valence electrons. The van der Waals surface area contributed by atoms with Crippen LogP contribution >= 0.6 is 0 Å². The molecule has 2 aromatic rings. The zero-order valence-electron chi connectivity index (χ0n) is 11.0. The van der Waals surface area contributed by atoms with Gasteiger partial charge in [-0.3, -0.25) is 0 Å². The Hall–Kier alpha value is -2.38. The summed E-state index contributed by atoms with van der Waals surface area (Å²) in [5.41, 5.74) is 1.62. The van der Waals surface area contributed by atoms with Crippen LogP contribution in [-0.4, -0.2) is 5.11 Å². The van der Waals surface area contributed by atoms with E-state index in [9.17, 15) is 9.50 Å². The maximum Gasteiger partial charge on any atom is 0.123 e. The highest BCUT2D eigenvalue weighted by Crippen LogP contribution is 2.20. The number of halogens is 1. The van der Waals surface area contributed by atoms with Crippen molar-refractivity contribution < 1.29 is 14.2 Å². The molecule has 0 aromatic heterocycles. The number of benzene rings is 2. The molecule has 3 nitrogen and oxygen atoms in total. The van der Waals surface area contributed by atoms with Gasteiger partial charge in [-0.2, -0.15) is 5.26 Å². The Labute approximate surface area is 116 Å². The van der Waals surface area contributed by atoms with Gasteiger partial charge in [0.15, 0.2) is 0 Å². The van der Waals surface area contributed by atoms with Crippen molar-refractivity contribution in [1.29, 1.82) is 5.26 Å². The smallest absolute Gasteiger partial charge is 0.123 e. The molecule has 0 saturated heterocycles. The van der Waals surface area contributed by atoms with Crippen LogP contribution in [0.5, 0.6) is 5.75 Å².